The summed E-state index contributed by atoms with van der Waals surface area (Å²) in [6, 6.07) is 29.9. The molecule has 0 radical (unpaired) electrons. The van der Waals surface area contributed by atoms with Crippen molar-refractivity contribution in [3.8, 4) is 0 Å². The van der Waals surface area contributed by atoms with Crippen molar-refractivity contribution in [1.82, 2.24) is 25.0 Å². The van der Waals surface area contributed by atoms with E-state index in [2.05, 4.69) is 20.2 Å². The largest absolute Gasteiger partial charge is 0.389 e. The van der Waals surface area contributed by atoms with Crippen LogP contribution in [0.5, 0.6) is 0 Å². The number of nitrogens with two attached hydrogens (primary N) is 2. The van der Waals surface area contributed by atoms with Crippen molar-refractivity contribution in [1.29, 1.82) is 0 Å². The van der Waals surface area contributed by atoms with Crippen molar-refractivity contribution in [2.75, 3.05) is 18.1 Å². The van der Waals surface area contributed by atoms with Gasteiger partial charge in [-0.15, -0.1) is 10.2 Å². The summed E-state index contributed by atoms with van der Waals surface area (Å²) in [6.45, 7) is 0.0873. The van der Waals surface area contributed by atoms with E-state index in [1.54, 1.807) is 0 Å². The number of fused-ring (bicyclic) bond motifs is 1. The lowest BCUT2D eigenvalue weighted by atomic mass is 9.80. The number of nitrogens with zero attached hydrogens (tertiary/aromatic N) is 5. The minimum Gasteiger partial charge on any atom is -0.389 e. The quantitative estimate of drug-likeness (QED) is 0.296. The fourth-order valence-corrected chi connectivity index (χ4v) is 4.20. The molecule has 2 aromatic heterocycles. The van der Waals surface area contributed by atoms with E-state index in [0.29, 0.717) is 5.52 Å². The lowest BCUT2D eigenvalue weighted by Gasteiger charge is -2.36. The zero-order chi connectivity index (χ0) is 24.3. The molecule has 1 atom stereocenters. The maximum absolute atomic E-state index is 10.9. The summed E-state index contributed by atoms with van der Waals surface area (Å²) in [5.41, 5.74) is 14.0. The first-order valence-corrected chi connectivity index (χ1v) is 11.2. The molecule has 35 heavy (non-hydrogen) atoms. The smallest absolute Gasteiger partial charge is 0.224 e. The molecule has 5 N–H and O–H groups in total. The number of anilines is 2. The van der Waals surface area contributed by atoms with Crippen LogP contribution in [-0.2, 0) is 16.9 Å². The zero-order valence-corrected chi connectivity index (χ0v) is 18.9. The van der Waals surface area contributed by atoms with Crippen LogP contribution in [0.15, 0.2) is 91.0 Å². The monoisotopic (exact) mass is 467 g/mol. The standard InChI is InChI=1S/C26H25N7O2/c27-23-22-24(30-25(28)29-23)32-33(31-22)16-21(34)17-35-26(18-10-4-1-5-11-18,19-12-6-2-7-13-19)20-14-8-3-9-15-20/h1-15,21,34H,16-17H2,(H4,27,28,29,30,32)/t21-/m0/s1. The summed E-state index contributed by atoms with van der Waals surface area (Å²) in [4.78, 5) is 9.28. The molecule has 0 spiro atoms. The van der Waals surface area contributed by atoms with E-state index in [4.69, 9.17) is 16.2 Å². The first-order chi connectivity index (χ1) is 17.1. The molecular formula is C26H25N7O2. The van der Waals surface area contributed by atoms with Crippen molar-refractivity contribution in [3.63, 3.8) is 0 Å². The fourth-order valence-electron chi connectivity index (χ4n) is 4.20. The molecule has 0 aliphatic heterocycles. The fraction of sp³-hybridized carbons (Fsp3) is 0.154. The van der Waals surface area contributed by atoms with Gasteiger partial charge in [-0.05, 0) is 16.7 Å². The molecule has 176 valence electrons. The number of aliphatic hydroxyl groups is 1. The predicted molar refractivity (Wildman–Crippen MR) is 133 cm³/mol. The number of nitrogen functional groups attached to an aromatic ring is 2. The molecule has 0 amide bonds. The molecular weight excluding hydrogens is 442 g/mol. The van der Waals surface area contributed by atoms with Crippen LogP contribution in [0.1, 0.15) is 16.7 Å². The third-order valence-electron chi connectivity index (χ3n) is 5.74. The number of aromatic nitrogens is 5. The molecule has 0 fully saturated rings. The third kappa shape index (κ3) is 4.42. The predicted octanol–water partition coefficient (Wildman–Crippen LogP) is 2.76. The number of hydrogen-bond donors (Lipinski definition) is 3. The Hall–Kier alpha value is -4.34. The Morgan fingerprint density at radius 2 is 1.29 bits per heavy atom. The lowest BCUT2D eigenvalue weighted by Crippen LogP contribution is -2.36. The second-order valence-corrected chi connectivity index (χ2v) is 8.14. The van der Waals surface area contributed by atoms with Gasteiger partial charge in [0.1, 0.15) is 5.60 Å². The van der Waals surface area contributed by atoms with Crippen LogP contribution in [0.25, 0.3) is 11.2 Å². The van der Waals surface area contributed by atoms with Crippen LogP contribution < -0.4 is 11.5 Å². The van der Waals surface area contributed by atoms with Gasteiger partial charge in [0.05, 0.1) is 19.3 Å². The number of hydrogen-bond acceptors (Lipinski definition) is 8. The topological polar surface area (TPSA) is 138 Å². The van der Waals surface area contributed by atoms with Gasteiger partial charge in [-0.25, -0.2) is 0 Å². The van der Waals surface area contributed by atoms with Gasteiger partial charge < -0.3 is 21.3 Å². The van der Waals surface area contributed by atoms with Crippen molar-refractivity contribution < 1.29 is 9.84 Å². The Morgan fingerprint density at radius 3 is 1.80 bits per heavy atom. The summed E-state index contributed by atoms with van der Waals surface area (Å²) in [7, 11) is 0. The Labute approximate surface area is 202 Å². The van der Waals surface area contributed by atoms with E-state index < -0.39 is 11.7 Å². The Bertz CT molecular complexity index is 1310. The lowest BCUT2D eigenvalue weighted by molar-refractivity contribution is -0.0441. The van der Waals surface area contributed by atoms with Gasteiger partial charge in [0.15, 0.2) is 11.3 Å². The van der Waals surface area contributed by atoms with Gasteiger partial charge >= 0.3 is 0 Å². The summed E-state index contributed by atoms with van der Waals surface area (Å²) < 4.78 is 6.65. The molecule has 0 aliphatic carbocycles. The van der Waals surface area contributed by atoms with Crippen molar-refractivity contribution in [2.45, 2.75) is 18.2 Å². The first kappa shape index (κ1) is 22.5. The van der Waals surface area contributed by atoms with Crippen LogP contribution >= 0.6 is 0 Å². The second kappa shape index (κ2) is 9.49. The van der Waals surface area contributed by atoms with Crippen LogP contribution in [0.3, 0.4) is 0 Å². The van der Waals surface area contributed by atoms with E-state index in [1.165, 1.54) is 4.80 Å². The number of aliphatic hydroxyl groups excluding tert-OH is 1. The molecule has 0 aliphatic rings. The molecule has 5 rings (SSSR count). The molecule has 0 saturated heterocycles. The van der Waals surface area contributed by atoms with E-state index in [1.807, 2.05) is 91.0 Å². The number of benzene rings is 3. The zero-order valence-electron chi connectivity index (χ0n) is 18.9. The number of ether oxygens (including phenoxy) is 1. The normalized spacial score (nSPS) is 12.6. The summed E-state index contributed by atoms with van der Waals surface area (Å²) in [6.07, 6.45) is -0.918. The highest BCUT2D eigenvalue weighted by atomic mass is 16.5. The van der Waals surface area contributed by atoms with E-state index in [9.17, 15) is 5.11 Å². The van der Waals surface area contributed by atoms with Crippen LogP contribution in [-0.4, -0.2) is 42.8 Å². The molecule has 0 saturated carbocycles. The van der Waals surface area contributed by atoms with Gasteiger partial charge in [0.2, 0.25) is 11.6 Å². The van der Waals surface area contributed by atoms with Crippen LogP contribution in [0.4, 0.5) is 11.8 Å². The minimum absolute atomic E-state index is 0.0138. The second-order valence-electron chi connectivity index (χ2n) is 8.14. The first-order valence-electron chi connectivity index (χ1n) is 11.2. The highest BCUT2D eigenvalue weighted by molar-refractivity contribution is 5.81. The van der Waals surface area contributed by atoms with Crippen molar-refractivity contribution >= 4 is 22.9 Å². The molecule has 0 bridgehead atoms. The van der Waals surface area contributed by atoms with E-state index >= 15 is 0 Å². The van der Waals surface area contributed by atoms with Crippen molar-refractivity contribution in [3.05, 3.63) is 108 Å². The summed E-state index contributed by atoms with van der Waals surface area (Å²) in [5.74, 6) is 0.157. The highest BCUT2D eigenvalue weighted by Gasteiger charge is 2.38. The Kier molecular flexibility index (Phi) is 6.09. The average Bonchev–Trinajstić information content (AvgIpc) is 3.29. The van der Waals surface area contributed by atoms with E-state index in [-0.39, 0.29) is 30.6 Å². The molecule has 9 heteroatoms. The van der Waals surface area contributed by atoms with Gasteiger partial charge in [-0.1, -0.05) is 91.0 Å². The summed E-state index contributed by atoms with van der Waals surface area (Å²) in [5, 5.41) is 19.5. The average molecular weight is 468 g/mol. The van der Waals surface area contributed by atoms with Gasteiger partial charge in [0.25, 0.3) is 0 Å². The molecule has 3 aromatic carbocycles. The maximum Gasteiger partial charge on any atom is 0.224 e. The molecule has 0 unspecified atom stereocenters. The Balaban J connectivity index is 1.48. The SMILES string of the molecule is Nc1nc(N)c2nn(C[C@H](O)COC(c3ccccc3)(c3ccccc3)c3ccccc3)nc2n1. The number of rotatable bonds is 8. The van der Waals surface area contributed by atoms with Gasteiger partial charge in [0, 0.05) is 0 Å². The summed E-state index contributed by atoms with van der Waals surface area (Å²) >= 11 is 0. The minimum atomic E-state index is -0.933. The van der Waals surface area contributed by atoms with Gasteiger partial charge in [-0.2, -0.15) is 14.8 Å². The van der Waals surface area contributed by atoms with Crippen LogP contribution in [0.2, 0.25) is 0 Å². The molecule has 9 nitrogen and oxygen atoms in total. The van der Waals surface area contributed by atoms with E-state index in [0.717, 1.165) is 16.7 Å². The molecule has 2 heterocycles. The maximum atomic E-state index is 10.9. The van der Waals surface area contributed by atoms with Crippen molar-refractivity contribution in [2.24, 2.45) is 0 Å². The highest BCUT2D eigenvalue weighted by Crippen LogP contribution is 2.40. The van der Waals surface area contributed by atoms with Crippen LogP contribution in [0, 0.1) is 0 Å². The Morgan fingerprint density at radius 1 is 0.771 bits per heavy atom. The molecule has 5 aromatic rings. The van der Waals surface area contributed by atoms with Gasteiger partial charge in [-0.3, -0.25) is 0 Å². The third-order valence-corrected chi connectivity index (χ3v) is 5.74.